The highest BCUT2D eigenvalue weighted by molar-refractivity contribution is 7.92. The van der Waals surface area contributed by atoms with Crippen LogP contribution in [0, 0.1) is 11.2 Å². The Morgan fingerprint density at radius 2 is 1.78 bits per heavy atom. The molecule has 0 saturated carbocycles. The molecule has 0 atom stereocenters. The first-order valence-corrected chi connectivity index (χ1v) is 17.7. The molecule has 49 heavy (non-hydrogen) atoms. The number of fused-ring (bicyclic) bond motifs is 6. The fraction of sp³-hybridized carbons (Fsp3) is 0.306. The van der Waals surface area contributed by atoms with Crippen molar-refractivity contribution in [3.05, 3.63) is 78.6 Å². The van der Waals surface area contributed by atoms with Gasteiger partial charge in [0.15, 0.2) is 6.73 Å². The predicted octanol–water partition coefficient (Wildman–Crippen LogP) is 7.63. The van der Waals surface area contributed by atoms with Crippen LogP contribution in [0.25, 0.3) is 50.4 Å². The highest BCUT2D eigenvalue weighted by Crippen LogP contribution is 2.43. The lowest BCUT2D eigenvalue weighted by Crippen LogP contribution is -2.25. The molecular weight excluding hydrogens is 647 g/mol. The summed E-state index contributed by atoms with van der Waals surface area (Å²) in [5, 5.41) is 3.54. The Morgan fingerprint density at radius 3 is 2.41 bits per heavy atom. The van der Waals surface area contributed by atoms with Gasteiger partial charge in [-0.15, -0.1) is 0 Å². The number of amides is 1. The van der Waals surface area contributed by atoms with Crippen molar-refractivity contribution in [1.29, 1.82) is 0 Å². The van der Waals surface area contributed by atoms with Gasteiger partial charge in [0.05, 0.1) is 28.8 Å². The average molecular weight is 689 g/mol. The van der Waals surface area contributed by atoms with Gasteiger partial charge in [0.2, 0.25) is 15.9 Å². The molecular formula is C36H41FN6O5S. The van der Waals surface area contributed by atoms with Crippen molar-refractivity contribution in [2.75, 3.05) is 24.7 Å². The minimum absolute atomic E-state index is 0.186. The van der Waals surface area contributed by atoms with Gasteiger partial charge in [0.25, 0.3) is 5.91 Å². The van der Waals surface area contributed by atoms with Crippen LogP contribution in [0.4, 0.5) is 10.1 Å². The van der Waals surface area contributed by atoms with Gasteiger partial charge in [-0.2, -0.15) is 0 Å². The second-order valence-corrected chi connectivity index (χ2v) is 14.9. The Balaban J connectivity index is 0.000000616. The van der Waals surface area contributed by atoms with E-state index in [2.05, 4.69) is 38.0 Å². The standard InChI is InChI=1S/C29H23FN6O5S.C5H12.C2H6/c1-31-28(37)26-18-11-17(22(34(2)42(3,38)39)13-25(18)41-29(26)35-10-9-32-14-35)20-7-8-24-27(33-20)23-12-16-19(30)5-4-6-21(16)36(23)15-40-24;1-5(2,3)4;1-2/h4-14H,15H2,1-3H3,(H,31,37);1-4H3;1-2H3. The first-order valence-electron chi connectivity index (χ1n) is 15.8. The number of nitrogens with zero attached hydrogens (tertiary/aromatic N) is 5. The highest BCUT2D eigenvalue weighted by atomic mass is 32.2. The fourth-order valence-electron chi connectivity index (χ4n) is 5.28. The number of pyridine rings is 1. The Labute approximate surface area is 285 Å². The fourth-order valence-corrected chi connectivity index (χ4v) is 5.79. The van der Waals surface area contributed by atoms with Crippen molar-refractivity contribution in [2.45, 2.75) is 48.3 Å². The number of benzene rings is 2. The number of halogens is 1. The number of carbonyl (C=O) groups excluding carboxylic acids is 1. The van der Waals surface area contributed by atoms with Crippen LogP contribution in [0.1, 0.15) is 51.9 Å². The number of anilines is 1. The van der Waals surface area contributed by atoms with Gasteiger partial charge in [0.1, 0.15) is 34.7 Å². The number of rotatable bonds is 5. The zero-order valence-corrected chi connectivity index (χ0v) is 29.9. The maximum Gasteiger partial charge on any atom is 0.257 e. The third kappa shape index (κ3) is 6.89. The van der Waals surface area contributed by atoms with Gasteiger partial charge in [-0.25, -0.2) is 22.8 Å². The smallest absolute Gasteiger partial charge is 0.257 e. The number of hydrogen-bond acceptors (Lipinski definition) is 7. The summed E-state index contributed by atoms with van der Waals surface area (Å²) >= 11 is 0. The number of carbonyl (C=O) groups is 1. The molecule has 2 aromatic carbocycles. The van der Waals surface area contributed by atoms with Crippen molar-refractivity contribution in [3.8, 4) is 34.3 Å². The molecule has 258 valence electrons. The Morgan fingerprint density at radius 1 is 1.06 bits per heavy atom. The first kappa shape index (κ1) is 35.1. The lowest BCUT2D eigenvalue weighted by atomic mass is 10.0. The van der Waals surface area contributed by atoms with E-state index in [1.807, 2.05) is 24.5 Å². The zero-order valence-electron chi connectivity index (χ0n) is 29.1. The quantitative estimate of drug-likeness (QED) is 0.198. The molecule has 0 spiro atoms. The van der Waals surface area contributed by atoms with Crippen molar-refractivity contribution in [1.82, 2.24) is 24.4 Å². The van der Waals surface area contributed by atoms with Gasteiger partial charge in [-0.1, -0.05) is 47.6 Å². The van der Waals surface area contributed by atoms with E-state index in [0.29, 0.717) is 55.7 Å². The predicted molar refractivity (Wildman–Crippen MR) is 191 cm³/mol. The molecule has 1 aliphatic heterocycles. The number of imidazole rings is 1. The van der Waals surface area contributed by atoms with Crippen LogP contribution in [0.5, 0.6) is 5.75 Å². The van der Waals surface area contributed by atoms with Crippen LogP contribution in [-0.4, -0.2) is 53.8 Å². The summed E-state index contributed by atoms with van der Waals surface area (Å²) in [6, 6.07) is 13.3. The summed E-state index contributed by atoms with van der Waals surface area (Å²) in [6.07, 6.45) is 5.79. The van der Waals surface area contributed by atoms with Crippen LogP contribution >= 0.6 is 0 Å². The van der Waals surface area contributed by atoms with Gasteiger partial charge >= 0.3 is 0 Å². The number of ether oxygens (including phenoxy) is 1. The monoisotopic (exact) mass is 688 g/mol. The normalized spacial score (nSPS) is 12.2. The molecule has 1 aliphatic rings. The molecule has 0 bridgehead atoms. The summed E-state index contributed by atoms with van der Waals surface area (Å²) in [7, 11) is -0.767. The second kappa shape index (κ2) is 13.4. The van der Waals surface area contributed by atoms with Crippen molar-refractivity contribution in [2.24, 2.45) is 5.41 Å². The lowest BCUT2D eigenvalue weighted by molar-refractivity contribution is 0.0963. The van der Waals surface area contributed by atoms with Gasteiger partial charge in [0, 0.05) is 48.9 Å². The second-order valence-electron chi connectivity index (χ2n) is 12.9. The molecule has 13 heteroatoms. The molecule has 0 radical (unpaired) electrons. The van der Waals surface area contributed by atoms with E-state index in [0.717, 1.165) is 10.6 Å². The van der Waals surface area contributed by atoms with Crippen LogP contribution in [0.15, 0.2) is 71.7 Å². The third-order valence-corrected chi connectivity index (χ3v) is 8.63. The topological polar surface area (TPSA) is 124 Å². The third-order valence-electron chi connectivity index (χ3n) is 7.44. The number of furan rings is 1. The van der Waals surface area contributed by atoms with Crippen molar-refractivity contribution >= 4 is 43.5 Å². The van der Waals surface area contributed by atoms with E-state index in [-0.39, 0.29) is 29.7 Å². The summed E-state index contributed by atoms with van der Waals surface area (Å²) in [4.78, 5) is 22.0. The maximum atomic E-state index is 14.6. The largest absolute Gasteiger partial charge is 0.470 e. The molecule has 0 saturated heterocycles. The maximum absolute atomic E-state index is 14.6. The minimum atomic E-state index is -3.71. The highest BCUT2D eigenvalue weighted by Gasteiger charge is 2.28. The Kier molecular flexibility index (Phi) is 9.60. The molecule has 1 amide bonds. The lowest BCUT2D eigenvalue weighted by Gasteiger charge is -2.23. The van der Waals surface area contributed by atoms with Crippen LogP contribution in [0.2, 0.25) is 0 Å². The molecule has 5 heterocycles. The van der Waals surface area contributed by atoms with E-state index in [1.54, 1.807) is 53.4 Å². The van der Waals surface area contributed by atoms with E-state index < -0.39 is 15.9 Å². The summed E-state index contributed by atoms with van der Waals surface area (Å²) in [5.74, 6) is -0.0217. The molecule has 7 rings (SSSR count). The van der Waals surface area contributed by atoms with E-state index in [1.165, 1.54) is 26.5 Å². The number of nitrogens with one attached hydrogen (secondary N) is 1. The van der Waals surface area contributed by atoms with Crippen LogP contribution < -0.4 is 14.4 Å². The van der Waals surface area contributed by atoms with E-state index >= 15 is 0 Å². The van der Waals surface area contributed by atoms with Gasteiger partial charge in [-0.3, -0.25) is 13.7 Å². The Hall–Kier alpha value is -5.17. The summed E-state index contributed by atoms with van der Waals surface area (Å²) in [5.41, 5.74) is 3.98. The summed E-state index contributed by atoms with van der Waals surface area (Å²) in [6.45, 7) is 12.9. The van der Waals surface area contributed by atoms with Crippen LogP contribution in [0.3, 0.4) is 0 Å². The average Bonchev–Trinajstić information content (AvgIpc) is 3.81. The molecule has 1 N–H and O–H groups in total. The SMILES string of the molecule is CC.CC(C)(C)C.CNC(=O)c1c(-n2ccnc2)oc2cc(N(C)S(C)(=O)=O)c(-c3ccc4c(n3)-c3cc5c(F)cccc5n3CO4)cc12. The molecule has 6 aromatic rings. The molecule has 4 aromatic heterocycles. The zero-order chi connectivity index (χ0) is 35.8. The summed E-state index contributed by atoms with van der Waals surface area (Å²) < 4.78 is 56.7. The molecule has 11 nitrogen and oxygen atoms in total. The number of sulfonamides is 1. The molecule has 0 fully saturated rings. The van der Waals surface area contributed by atoms with E-state index in [9.17, 15) is 17.6 Å². The number of aromatic nitrogens is 4. The number of hydrogen-bond donors (Lipinski definition) is 1. The van der Waals surface area contributed by atoms with Gasteiger partial charge < -0.3 is 19.0 Å². The van der Waals surface area contributed by atoms with E-state index in [4.69, 9.17) is 14.1 Å². The molecule has 0 unspecified atom stereocenters. The van der Waals surface area contributed by atoms with Crippen LogP contribution in [-0.2, 0) is 16.8 Å². The van der Waals surface area contributed by atoms with Crippen molar-refractivity contribution < 1.29 is 26.8 Å². The van der Waals surface area contributed by atoms with Crippen molar-refractivity contribution in [3.63, 3.8) is 0 Å². The minimum Gasteiger partial charge on any atom is -0.470 e. The molecule has 0 aliphatic carbocycles. The first-order chi connectivity index (χ1) is 23.2. The van der Waals surface area contributed by atoms with Gasteiger partial charge in [-0.05, 0) is 41.8 Å². The Bertz CT molecular complexity index is 2260.